The molecule has 1 rings (SSSR count). The molecule has 0 aromatic carbocycles. The Kier molecular flexibility index (Phi) is 23.6. The molecule has 44 heavy (non-hydrogen) atoms. The van der Waals surface area contributed by atoms with Crippen molar-refractivity contribution >= 4 is 18.5 Å². The van der Waals surface area contributed by atoms with Gasteiger partial charge in [0.2, 0.25) is 0 Å². The largest absolute Gasteiger partial charge is 0.508 e. The summed E-state index contributed by atoms with van der Waals surface area (Å²) < 4.78 is 26.4. The van der Waals surface area contributed by atoms with Crippen LogP contribution in [-0.2, 0) is 23.7 Å². The normalized spacial score (nSPS) is 18.3. The quantitative estimate of drug-likeness (QED) is 0.0598. The summed E-state index contributed by atoms with van der Waals surface area (Å²) in [5.41, 5.74) is 0. The summed E-state index contributed by atoms with van der Waals surface area (Å²) in [6, 6.07) is 0. The van der Waals surface area contributed by atoms with Gasteiger partial charge in [0.25, 0.3) is 0 Å². The minimum absolute atomic E-state index is 0.218. The van der Waals surface area contributed by atoms with Gasteiger partial charge in [-0.15, -0.1) is 0 Å². The van der Waals surface area contributed by atoms with Crippen molar-refractivity contribution < 1.29 is 43.2 Å². The van der Waals surface area contributed by atoms with E-state index in [1.54, 1.807) is 0 Å². The Morgan fingerprint density at radius 3 is 1.32 bits per heavy atom. The van der Waals surface area contributed by atoms with E-state index in [2.05, 4.69) is 27.7 Å². The summed E-state index contributed by atoms with van der Waals surface area (Å²) in [6.45, 7) is 9.52. The second-order valence-corrected chi connectivity index (χ2v) is 13.3. The number of carbonyl (C=O) groups is 3. The second-order valence-electron chi connectivity index (χ2n) is 13.3. The summed E-state index contributed by atoms with van der Waals surface area (Å²) in [5.74, 6) is 1.56. The number of rotatable bonds is 25. The van der Waals surface area contributed by atoms with Gasteiger partial charge in [0.05, 0.1) is 13.2 Å². The molecule has 0 aliphatic heterocycles. The first kappa shape index (κ1) is 39.8. The van der Waals surface area contributed by atoms with E-state index in [0.717, 1.165) is 50.4 Å². The summed E-state index contributed by atoms with van der Waals surface area (Å²) in [7, 11) is 0. The second kappa shape index (κ2) is 26.1. The van der Waals surface area contributed by atoms with Crippen molar-refractivity contribution in [1.82, 2.24) is 0 Å². The van der Waals surface area contributed by atoms with Crippen molar-refractivity contribution in [2.75, 3.05) is 13.2 Å². The minimum Gasteiger partial charge on any atom is -0.450 e. The van der Waals surface area contributed by atoms with Gasteiger partial charge in [-0.3, -0.25) is 0 Å². The number of unbranched alkanes of at least 4 members (excludes halogenated alkanes) is 14. The van der Waals surface area contributed by atoms with Crippen LogP contribution in [0.5, 0.6) is 0 Å². The average molecular weight is 629 g/mol. The zero-order chi connectivity index (χ0) is 32.4. The third-order valence-electron chi connectivity index (χ3n) is 8.23. The number of carbonyl (C=O) groups excluding carboxylic acids is 2. The Labute approximate surface area is 267 Å². The van der Waals surface area contributed by atoms with Gasteiger partial charge in [0.1, 0.15) is 12.2 Å². The van der Waals surface area contributed by atoms with Crippen molar-refractivity contribution in [1.29, 1.82) is 0 Å². The topological polar surface area (TPSA) is 118 Å². The molecule has 9 heteroatoms. The predicted molar refractivity (Wildman–Crippen MR) is 172 cm³/mol. The lowest BCUT2D eigenvalue weighted by Gasteiger charge is -2.35. The van der Waals surface area contributed by atoms with E-state index in [-0.39, 0.29) is 13.2 Å². The maximum absolute atomic E-state index is 12.4. The average Bonchev–Trinajstić information content (AvgIpc) is 2.95. The van der Waals surface area contributed by atoms with Crippen molar-refractivity contribution in [3.05, 3.63) is 0 Å². The van der Waals surface area contributed by atoms with Gasteiger partial charge in [-0.1, -0.05) is 130 Å². The SMILES string of the molecule is CC(C)CCCCCCCCCCOC(=O)OC1CCCC(OC(=O)O)C1OC(=O)OCCCCCCCCCCC(C)C. The first-order valence-corrected chi connectivity index (χ1v) is 17.8. The van der Waals surface area contributed by atoms with Gasteiger partial charge in [-0.2, -0.15) is 0 Å². The van der Waals surface area contributed by atoms with Crippen LogP contribution in [0.3, 0.4) is 0 Å². The Bertz CT molecular complexity index is 740. The van der Waals surface area contributed by atoms with E-state index in [1.807, 2.05) is 0 Å². The Hall–Kier alpha value is -2.19. The number of hydrogen-bond acceptors (Lipinski definition) is 8. The molecule has 1 saturated carbocycles. The van der Waals surface area contributed by atoms with Crippen molar-refractivity contribution in [2.24, 2.45) is 11.8 Å². The van der Waals surface area contributed by atoms with Crippen LogP contribution in [-0.4, -0.2) is 55.1 Å². The van der Waals surface area contributed by atoms with Crippen LogP contribution in [0.15, 0.2) is 0 Å². The summed E-state index contributed by atoms with van der Waals surface area (Å²) in [4.78, 5) is 36.1. The van der Waals surface area contributed by atoms with Crippen molar-refractivity contribution in [3.8, 4) is 0 Å². The highest BCUT2D eigenvalue weighted by atomic mass is 16.8. The molecule has 258 valence electrons. The van der Waals surface area contributed by atoms with Crippen LogP contribution in [0.25, 0.3) is 0 Å². The molecule has 3 atom stereocenters. The van der Waals surface area contributed by atoms with E-state index in [9.17, 15) is 14.4 Å². The summed E-state index contributed by atoms with van der Waals surface area (Å²) in [5, 5.41) is 9.16. The number of carboxylic acid groups (broad SMARTS) is 1. The fourth-order valence-electron chi connectivity index (χ4n) is 5.67. The van der Waals surface area contributed by atoms with Crippen LogP contribution in [0.2, 0.25) is 0 Å². The molecule has 1 aliphatic rings. The van der Waals surface area contributed by atoms with Crippen LogP contribution >= 0.6 is 0 Å². The molecule has 1 fully saturated rings. The molecule has 0 aromatic heterocycles. The molecule has 0 heterocycles. The molecule has 1 aliphatic carbocycles. The fourth-order valence-corrected chi connectivity index (χ4v) is 5.67. The van der Waals surface area contributed by atoms with Gasteiger partial charge >= 0.3 is 18.5 Å². The predicted octanol–water partition coefficient (Wildman–Crippen LogP) is 10.6. The zero-order valence-electron chi connectivity index (χ0n) is 28.4. The van der Waals surface area contributed by atoms with Crippen LogP contribution in [0, 0.1) is 11.8 Å². The smallest absolute Gasteiger partial charge is 0.450 e. The number of hydrogen-bond donors (Lipinski definition) is 1. The molecule has 0 spiro atoms. The maximum atomic E-state index is 12.4. The van der Waals surface area contributed by atoms with E-state index < -0.39 is 36.8 Å². The van der Waals surface area contributed by atoms with Gasteiger partial charge in [-0.05, 0) is 43.9 Å². The lowest BCUT2D eigenvalue weighted by molar-refractivity contribution is -0.123. The monoisotopic (exact) mass is 628 g/mol. The third kappa shape index (κ3) is 22.3. The molecule has 0 amide bonds. The zero-order valence-corrected chi connectivity index (χ0v) is 28.4. The fraction of sp³-hybridized carbons (Fsp3) is 0.914. The van der Waals surface area contributed by atoms with Gasteiger partial charge in [0, 0.05) is 0 Å². The van der Waals surface area contributed by atoms with E-state index in [4.69, 9.17) is 28.8 Å². The molecule has 0 radical (unpaired) electrons. The highest BCUT2D eigenvalue weighted by molar-refractivity contribution is 5.62. The highest BCUT2D eigenvalue weighted by Gasteiger charge is 2.42. The van der Waals surface area contributed by atoms with Gasteiger partial charge < -0.3 is 28.8 Å². The lowest BCUT2D eigenvalue weighted by atomic mass is 9.91. The molecule has 0 saturated heterocycles. The Morgan fingerprint density at radius 2 is 0.909 bits per heavy atom. The molecular weight excluding hydrogens is 564 g/mol. The van der Waals surface area contributed by atoms with Gasteiger partial charge in [-0.25, -0.2) is 14.4 Å². The summed E-state index contributed by atoms with van der Waals surface area (Å²) in [6.07, 6.45) is 16.0. The molecule has 0 bridgehead atoms. The van der Waals surface area contributed by atoms with Crippen molar-refractivity contribution in [2.45, 2.75) is 181 Å². The molecule has 9 nitrogen and oxygen atoms in total. The lowest BCUT2D eigenvalue weighted by Crippen LogP contribution is -2.48. The summed E-state index contributed by atoms with van der Waals surface area (Å²) >= 11 is 0. The van der Waals surface area contributed by atoms with Crippen LogP contribution in [0.1, 0.15) is 163 Å². The van der Waals surface area contributed by atoms with E-state index in [0.29, 0.717) is 19.3 Å². The van der Waals surface area contributed by atoms with Crippen LogP contribution < -0.4 is 0 Å². The van der Waals surface area contributed by atoms with Crippen molar-refractivity contribution in [3.63, 3.8) is 0 Å². The standard InChI is InChI=1S/C35H64O9/c1-28(2)22-17-13-9-5-7-11-15-19-26-40-34(38)43-31-25-21-24-30(42-33(36)37)32(31)44-35(39)41-27-20-16-12-8-6-10-14-18-23-29(3)4/h28-32H,5-27H2,1-4H3,(H,36,37). The highest BCUT2D eigenvalue weighted by Crippen LogP contribution is 2.28. The van der Waals surface area contributed by atoms with E-state index >= 15 is 0 Å². The maximum Gasteiger partial charge on any atom is 0.508 e. The molecular formula is C35H64O9. The van der Waals surface area contributed by atoms with Crippen LogP contribution in [0.4, 0.5) is 14.4 Å². The third-order valence-corrected chi connectivity index (χ3v) is 8.23. The Balaban J connectivity index is 2.28. The molecule has 3 unspecified atom stereocenters. The first-order valence-electron chi connectivity index (χ1n) is 17.8. The number of ether oxygens (including phenoxy) is 5. The minimum atomic E-state index is -1.48. The molecule has 1 N–H and O–H groups in total. The first-order chi connectivity index (χ1) is 21.2. The Morgan fingerprint density at radius 1 is 0.545 bits per heavy atom. The molecule has 0 aromatic rings. The van der Waals surface area contributed by atoms with E-state index in [1.165, 1.54) is 77.0 Å². The van der Waals surface area contributed by atoms with Gasteiger partial charge in [0.15, 0.2) is 6.10 Å².